The van der Waals surface area contributed by atoms with Crippen molar-refractivity contribution in [3.8, 4) is 0 Å². The van der Waals surface area contributed by atoms with Gasteiger partial charge in [-0.25, -0.2) is 13.1 Å². The summed E-state index contributed by atoms with van der Waals surface area (Å²) in [6, 6.07) is 3.74. The van der Waals surface area contributed by atoms with Crippen molar-refractivity contribution in [1.29, 1.82) is 0 Å². The highest BCUT2D eigenvalue weighted by molar-refractivity contribution is 7.89. The van der Waals surface area contributed by atoms with Gasteiger partial charge in [-0.05, 0) is 39.2 Å². The van der Waals surface area contributed by atoms with Crippen molar-refractivity contribution in [3.05, 3.63) is 28.3 Å². The first-order chi connectivity index (χ1) is 9.77. The summed E-state index contributed by atoms with van der Waals surface area (Å²) in [4.78, 5) is 10.3. The lowest BCUT2D eigenvalue weighted by molar-refractivity contribution is -0.384. The van der Waals surface area contributed by atoms with Crippen LogP contribution in [0, 0.1) is 10.1 Å². The number of nitrogens with zero attached hydrogens (tertiary/aromatic N) is 1. The maximum absolute atomic E-state index is 12.5. The molecule has 116 valence electrons. The minimum absolute atomic E-state index is 0.0445. The SMILES string of the molecule is CCNc1cc([N+](=O)[O-])ccc1S(=O)(=O)NC1(C)CCC1. The number of nitro benzene ring substituents is 1. The largest absolute Gasteiger partial charge is 0.384 e. The van der Waals surface area contributed by atoms with Crippen molar-refractivity contribution in [2.75, 3.05) is 11.9 Å². The third-order valence-corrected chi connectivity index (χ3v) is 5.37. The van der Waals surface area contributed by atoms with E-state index in [1.54, 1.807) is 6.92 Å². The first kappa shape index (κ1) is 15.7. The molecule has 2 N–H and O–H groups in total. The van der Waals surface area contributed by atoms with Crippen LogP contribution < -0.4 is 10.0 Å². The maximum atomic E-state index is 12.5. The van der Waals surface area contributed by atoms with Gasteiger partial charge >= 0.3 is 0 Å². The van der Waals surface area contributed by atoms with Gasteiger partial charge in [0.1, 0.15) is 4.90 Å². The normalized spacial score (nSPS) is 17.0. The molecular weight excluding hydrogens is 294 g/mol. The van der Waals surface area contributed by atoms with E-state index < -0.39 is 20.5 Å². The maximum Gasteiger partial charge on any atom is 0.271 e. The topological polar surface area (TPSA) is 101 Å². The standard InChI is InChI=1S/C13H19N3O4S/c1-3-14-11-9-10(16(17)18)5-6-12(11)21(19,20)15-13(2)7-4-8-13/h5-6,9,14-15H,3-4,7-8H2,1-2H3. The Kier molecular flexibility index (Phi) is 4.20. The van der Waals surface area contributed by atoms with E-state index in [1.807, 2.05) is 6.92 Å². The van der Waals surface area contributed by atoms with Crippen LogP contribution in [0.2, 0.25) is 0 Å². The summed E-state index contributed by atoms with van der Waals surface area (Å²) in [5.74, 6) is 0. The molecule has 0 atom stereocenters. The van der Waals surface area contributed by atoms with Crippen LogP contribution in [-0.4, -0.2) is 25.4 Å². The minimum Gasteiger partial charge on any atom is -0.384 e. The van der Waals surface area contributed by atoms with Gasteiger partial charge in [-0.3, -0.25) is 10.1 Å². The molecule has 1 saturated carbocycles. The Morgan fingerprint density at radius 3 is 2.52 bits per heavy atom. The molecule has 1 aliphatic carbocycles. The molecule has 0 radical (unpaired) electrons. The van der Waals surface area contributed by atoms with Crippen LogP contribution >= 0.6 is 0 Å². The number of non-ortho nitro benzene ring substituents is 1. The Morgan fingerprint density at radius 2 is 2.05 bits per heavy atom. The molecule has 0 aliphatic heterocycles. The fourth-order valence-electron chi connectivity index (χ4n) is 2.38. The summed E-state index contributed by atoms with van der Waals surface area (Å²) in [7, 11) is -3.71. The molecule has 0 heterocycles. The molecule has 1 aromatic carbocycles. The summed E-state index contributed by atoms with van der Waals surface area (Å²) >= 11 is 0. The third kappa shape index (κ3) is 3.33. The van der Waals surface area contributed by atoms with Gasteiger partial charge < -0.3 is 5.32 Å². The van der Waals surface area contributed by atoms with Gasteiger partial charge in [0.05, 0.1) is 10.6 Å². The van der Waals surface area contributed by atoms with Crippen molar-refractivity contribution >= 4 is 21.4 Å². The van der Waals surface area contributed by atoms with Crippen molar-refractivity contribution in [2.24, 2.45) is 0 Å². The number of hydrogen-bond donors (Lipinski definition) is 2. The summed E-state index contributed by atoms with van der Waals surface area (Å²) in [5.41, 5.74) is -0.300. The molecule has 2 rings (SSSR count). The summed E-state index contributed by atoms with van der Waals surface area (Å²) in [6.07, 6.45) is 2.60. The van der Waals surface area contributed by atoms with Crippen LogP contribution in [0.1, 0.15) is 33.1 Å². The fourth-order valence-corrected chi connectivity index (χ4v) is 4.01. The monoisotopic (exact) mass is 313 g/mol. The highest BCUT2D eigenvalue weighted by Crippen LogP contribution is 2.34. The molecule has 1 fully saturated rings. The number of anilines is 1. The van der Waals surface area contributed by atoms with Gasteiger partial charge in [0, 0.05) is 24.2 Å². The van der Waals surface area contributed by atoms with Crippen molar-refractivity contribution < 1.29 is 13.3 Å². The predicted octanol–water partition coefficient (Wildman–Crippen LogP) is 2.25. The summed E-state index contributed by atoms with van der Waals surface area (Å²) < 4.78 is 27.7. The molecule has 0 spiro atoms. The number of nitrogens with one attached hydrogen (secondary N) is 2. The van der Waals surface area contributed by atoms with Crippen molar-refractivity contribution in [2.45, 2.75) is 43.5 Å². The van der Waals surface area contributed by atoms with E-state index in [1.165, 1.54) is 18.2 Å². The molecule has 0 aromatic heterocycles. The Labute approximate surface area is 123 Å². The van der Waals surface area contributed by atoms with E-state index >= 15 is 0 Å². The summed E-state index contributed by atoms with van der Waals surface area (Å²) in [6.45, 7) is 4.14. The van der Waals surface area contributed by atoms with E-state index in [0.717, 1.165) is 19.3 Å². The fraction of sp³-hybridized carbons (Fsp3) is 0.538. The highest BCUT2D eigenvalue weighted by atomic mass is 32.2. The Morgan fingerprint density at radius 1 is 1.38 bits per heavy atom. The average Bonchev–Trinajstić information content (AvgIpc) is 2.36. The van der Waals surface area contributed by atoms with E-state index in [2.05, 4.69) is 10.0 Å². The number of rotatable bonds is 6. The van der Waals surface area contributed by atoms with Crippen molar-refractivity contribution in [1.82, 2.24) is 4.72 Å². The highest BCUT2D eigenvalue weighted by Gasteiger charge is 2.37. The van der Waals surface area contributed by atoms with Crippen LogP contribution in [0.25, 0.3) is 0 Å². The molecule has 1 aromatic rings. The number of hydrogen-bond acceptors (Lipinski definition) is 5. The Balaban J connectivity index is 2.39. The van der Waals surface area contributed by atoms with Gasteiger partial charge in [-0.2, -0.15) is 0 Å². The lowest BCUT2D eigenvalue weighted by Crippen LogP contribution is -2.50. The minimum atomic E-state index is -3.71. The van der Waals surface area contributed by atoms with Crippen LogP contribution in [0.15, 0.2) is 23.1 Å². The average molecular weight is 313 g/mol. The molecule has 7 nitrogen and oxygen atoms in total. The molecule has 1 aliphatic rings. The number of benzene rings is 1. The zero-order chi connectivity index (χ0) is 15.7. The first-order valence-corrected chi connectivity index (χ1v) is 8.32. The van der Waals surface area contributed by atoms with Crippen LogP contribution in [0.4, 0.5) is 11.4 Å². The second-order valence-corrected chi connectivity index (χ2v) is 7.14. The second-order valence-electron chi connectivity index (χ2n) is 5.49. The summed E-state index contributed by atoms with van der Waals surface area (Å²) in [5, 5.41) is 13.7. The molecule has 8 heteroatoms. The Hall–Kier alpha value is -1.67. The second kappa shape index (κ2) is 5.61. The predicted molar refractivity (Wildman–Crippen MR) is 79.8 cm³/mol. The van der Waals surface area contributed by atoms with E-state index in [-0.39, 0.29) is 16.3 Å². The van der Waals surface area contributed by atoms with Gasteiger partial charge in [0.25, 0.3) is 5.69 Å². The van der Waals surface area contributed by atoms with Gasteiger partial charge in [-0.15, -0.1) is 0 Å². The van der Waals surface area contributed by atoms with Crippen LogP contribution in [0.5, 0.6) is 0 Å². The van der Waals surface area contributed by atoms with Crippen LogP contribution in [0.3, 0.4) is 0 Å². The molecule has 0 saturated heterocycles. The molecule has 0 amide bonds. The Bertz CT molecular complexity index is 653. The number of nitro groups is 1. The molecule has 0 bridgehead atoms. The third-order valence-electron chi connectivity index (χ3n) is 3.67. The van der Waals surface area contributed by atoms with Crippen molar-refractivity contribution in [3.63, 3.8) is 0 Å². The zero-order valence-corrected chi connectivity index (χ0v) is 12.9. The lowest BCUT2D eigenvalue weighted by Gasteiger charge is -2.38. The van der Waals surface area contributed by atoms with E-state index in [4.69, 9.17) is 0 Å². The molecule has 0 unspecified atom stereocenters. The first-order valence-electron chi connectivity index (χ1n) is 6.84. The smallest absolute Gasteiger partial charge is 0.271 e. The van der Waals surface area contributed by atoms with Gasteiger partial charge in [-0.1, -0.05) is 0 Å². The zero-order valence-electron chi connectivity index (χ0n) is 12.0. The molecule has 21 heavy (non-hydrogen) atoms. The quantitative estimate of drug-likeness (QED) is 0.619. The number of sulfonamides is 1. The molecular formula is C13H19N3O4S. The van der Waals surface area contributed by atoms with E-state index in [0.29, 0.717) is 6.54 Å². The lowest BCUT2D eigenvalue weighted by atomic mass is 9.80. The van der Waals surface area contributed by atoms with Gasteiger partial charge in [0.15, 0.2) is 0 Å². The van der Waals surface area contributed by atoms with E-state index in [9.17, 15) is 18.5 Å². The van der Waals surface area contributed by atoms with Crippen LogP contribution in [-0.2, 0) is 10.0 Å². The van der Waals surface area contributed by atoms with Gasteiger partial charge in [0.2, 0.25) is 10.0 Å².